The predicted octanol–water partition coefficient (Wildman–Crippen LogP) is 2.55. The highest BCUT2D eigenvalue weighted by molar-refractivity contribution is 5.96. The minimum Gasteiger partial charge on any atom is -0.480 e. The summed E-state index contributed by atoms with van der Waals surface area (Å²) >= 11 is 0. The number of hydrogen-bond acceptors (Lipinski definition) is 3. The van der Waals surface area contributed by atoms with E-state index in [4.69, 9.17) is 0 Å². The first-order valence-electron chi connectivity index (χ1n) is 7.68. The largest absolute Gasteiger partial charge is 0.480 e. The highest BCUT2D eigenvalue weighted by Crippen LogP contribution is 2.12. The summed E-state index contributed by atoms with van der Waals surface area (Å²) in [4.78, 5) is 23.6. The Labute approximate surface area is 135 Å². The summed E-state index contributed by atoms with van der Waals surface area (Å²) in [5.74, 6) is -1.48. The number of carboxylic acids is 1. The van der Waals surface area contributed by atoms with E-state index in [9.17, 15) is 14.7 Å². The van der Waals surface area contributed by atoms with Crippen LogP contribution in [0.2, 0.25) is 0 Å². The molecule has 0 aliphatic rings. The summed E-state index contributed by atoms with van der Waals surface area (Å²) in [6.07, 6.45) is 3.79. The van der Waals surface area contributed by atoms with Gasteiger partial charge in [-0.1, -0.05) is 38.0 Å². The minimum atomic E-state index is -1.02. The molecule has 0 spiro atoms. The molecule has 1 amide bonds. The van der Waals surface area contributed by atoms with Crippen molar-refractivity contribution in [2.24, 2.45) is 0 Å². The van der Waals surface area contributed by atoms with Crippen molar-refractivity contribution < 1.29 is 14.7 Å². The number of aryl methyl sites for hydroxylation is 1. The molecule has 23 heavy (non-hydrogen) atoms. The van der Waals surface area contributed by atoms with Crippen molar-refractivity contribution in [2.75, 3.05) is 0 Å². The first kappa shape index (κ1) is 16.7. The van der Waals surface area contributed by atoms with Crippen LogP contribution in [0.25, 0.3) is 5.69 Å². The number of carbonyl (C=O) groups is 2. The molecule has 0 aliphatic carbocycles. The fraction of sp³-hybridized carbons (Fsp3) is 0.353. The van der Waals surface area contributed by atoms with Crippen molar-refractivity contribution in [1.29, 1.82) is 0 Å². The highest BCUT2D eigenvalue weighted by Gasteiger charge is 2.22. The zero-order chi connectivity index (χ0) is 16.8. The summed E-state index contributed by atoms with van der Waals surface area (Å²) < 4.78 is 1.62. The summed E-state index contributed by atoms with van der Waals surface area (Å²) in [7, 11) is 0. The van der Waals surface area contributed by atoms with Gasteiger partial charge in [0.15, 0.2) is 5.69 Å². The number of rotatable bonds is 7. The molecule has 0 bridgehead atoms. The van der Waals surface area contributed by atoms with Gasteiger partial charge >= 0.3 is 5.97 Å². The monoisotopic (exact) mass is 315 g/mol. The molecule has 1 aromatic carbocycles. The second-order valence-corrected chi connectivity index (χ2v) is 5.45. The molecule has 6 nitrogen and oxygen atoms in total. The van der Waals surface area contributed by atoms with Gasteiger partial charge in [-0.15, -0.1) is 0 Å². The number of hydrogen-bond donors (Lipinski definition) is 2. The third-order valence-electron chi connectivity index (χ3n) is 3.58. The number of aliphatic carboxylic acids is 1. The molecule has 6 heteroatoms. The SMILES string of the molecule is CCCC[C@H](NC(=O)c1nn(-c2ccccc2)cc1C)C(=O)O. The van der Waals surface area contributed by atoms with Crippen LogP contribution in [0.1, 0.15) is 42.2 Å². The number of amides is 1. The first-order valence-corrected chi connectivity index (χ1v) is 7.68. The molecule has 0 fully saturated rings. The maximum Gasteiger partial charge on any atom is 0.326 e. The quantitative estimate of drug-likeness (QED) is 0.822. The van der Waals surface area contributed by atoms with E-state index in [0.29, 0.717) is 12.0 Å². The van der Waals surface area contributed by atoms with Crippen LogP contribution in [0.3, 0.4) is 0 Å². The second kappa shape index (κ2) is 7.58. The lowest BCUT2D eigenvalue weighted by Crippen LogP contribution is -2.41. The molecular weight excluding hydrogens is 294 g/mol. The number of unbranched alkanes of at least 4 members (excludes halogenated alkanes) is 1. The van der Waals surface area contributed by atoms with Crippen LogP contribution in [0, 0.1) is 6.92 Å². The van der Waals surface area contributed by atoms with E-state index in [1.807, 2.05) is 37.3 Å². The average molecular weight is 315 g/mol. The van der Waals surface area contributed by atoms with E-state index >= 15 is 0 Å². The summed E-state index contributed by atoms with van der Waals surface area (Å²) in [5.41, 5.74) is 1.79. The minimum absolute atomic E-state index is 0.247. The number of nitrogens with zero attached hydrogens (tertiary/aromatic N) is 2. The zero-order valence-corrected chi connectivity index (χ0v) is 13.3. The molecule has 0 unspecified atom stereocenters. The summed E-state index contributed by atoms with van der Waals surface area (Å²) in [6.45, 7) is 3.76. The molecular formula is C17H21N3O3. The molecule has 1 aromatic heterocycles. The third-order valence-corrected chi connectivity index (χ3v) is 3.58. The van der Waals surface area contributed by atoms with E-state index in [-0.39, 0.29) is 5.69 Å². The van der Waals surface area contributed by atoms with Crippen LogP contribution >= 0.6 is 0 Å². The Hall–Kier alpha value is -2.63. The molecule has 2 N–H and O–H groups in total. The molecule has 0 aliphatic heterocycles. The predicted molar refractivity (Wildman–Crippen MR) is 86.7 cm³/mol. The molecule has 0 radical (unpaired) electrons. The van der Waals surface area contributed by atoms with Crippen molar-refractivity contribution in [2.45, 2.75) is 39.2 Å². The van der Waals surface area contributed by atoms with E-state index in [0.717, 1.165) is 18.5 Å². The lowest BCUT2D eigenvalue weighted by atomic mass is 10.1. The Morgan fingerprint density at radius 2 is 2.00 bits per heavy atom. The van der Waals surface area contributed by atoms with Crippen LogP contribution in [-0.2, 0) is 4.79 Å². The van der Waals surface area contributed by atoms with Crippen LogP contribution in [0.4, 0.5) is 0 Å². The molecule has 122 valence electrons. The summed E-state index contributed by atoms with van der Waals surface area (Å²) in [5, 5.41) is 16.1. The van der Waals surface area contributed by atoms with Gasteiger partial charge in [-0.25, -0.2) is 9.48 Å². The Kier molecular flexibility index (Phi) is 5.51. The van der Waals surface area contributed by atoms with Crippen molar-refractivity contribution >= 4 is 11.9 Å². The topological polar surface area (TPSA) is 84.2 Å². The maximum atomic E-state index is 12.3. The van der Waals surface area contributed by atoms with Gasteiger partial charge in [0.2, 0.25) is 0 Å². The number of carboxylic acid groups (broad SMARTS) is 1. The number of para-hydroxylation sites is 1. The van der Waals surface area contributed by atoms with Crippen molar-refractivity contribution in [3.05, 3.63) is 47.8 Å². The van der Waals surface area contributed by atoms with Gasteiger partial charge in [0.1, 0.15) is 6.04 Å². The van der Waals surface area contributed by atoms with E-state index in [1.54, 1.807) is 17.8 Å². The number of carbonyl (C=O) groups excluding carboxylic acids is 1. The first-order chi connectivity index (χ1) is 11.0. The zero-order valence-electron chi connectivity index (χ0n) is 13.3. The van der Waals surface area contributed by atoms with Gasteiger partial charge in [0, 0.05) is 11.8 Å². The van der Waals surface area contributed by atoms with Gasteiger partial charge in [0.25, 0.3) is 5.91 Å². The molecule has 0 saturated carbocycles. The van der Waals surface area contributed by atoms with Gasteiger partial charge in [-0.05, 0) is 25.5 Å². The van der Waals surface area contributed by atoms with Crippen LogP contribution < -0.4 is 5.32 Å². The molecule has 1 heterocycles. The number of nitrogens with one attached hydrogen (secondary N) is 1. The van der Waals surface area contributed by atoms with Crippen LogP contribution in [0.15, 0.2) is 36.5 Å². The molecule has 0 saturated heterocycles. The van der Waals surface area contributed by atoms with E-state index in [1.165, 1.54) is 0 Å². The fourth-order valence-corrected chi connectivity index (χ4v) is 2.29. The maximum absolute atomic E-state index is 12.3. The fourth-order valence-electron chi connectivity index (χ4n) is 2.29. The normalized spacial score (nSPS) is 11.9. The Balaban J connectivity index is 2.16. The van der Waals surface area contributed by atoms with Crippen LogP contribution in [-0.4, -0.2) is 32.8 Å². The third kappa shape index (κ3) is 4.18. The number of aromatic nitrogens is 2. The Bertz CT molecular complexity index is 680. The van der Waals surface area contributed by atoms with Gasteiger partial charge < -0.3 is 10.4 Å². The standard InChI is InChI=1S/C17H21N3O3/c1-3-4-10-14(17(22)23)18-16(21)15-12(2)11-20(19-15)13-8-6-5-7-9-13/h5-9,11,14H,3-4,10H2,1-2H3,(H,18,21)(H,22,23)/t14-/m0/s1. The number of benzene rings is 1. The smallest absolute Gasteiger partial charge is 0.326 e. The lowest BCUT2D eigenvalue weighted by Gasteiger charge is -2.13. The average Bonchev–Trinajstić information content (AvgIpc) is 2.94. The molecule has 1 atom stereocenters. The molecule has 2 rings (SSSR count). The van der Waals surface area contributed by atoms with Crippen LogP contribution in [0.5, 0.6) is 0 Å². The Morgan fingerprint density at radius 1 is 1.30 bits per heavy atom. The second-order valence-electron chi connectivity index (χ2n) is 5.45. The van der Waals surface area contributed by atoms with Crippen molar-refractivity contribution in [3.8, 4) is 5.69 Å². The van der Waals surface area contributed by atoms with Gasteiger partial charge in [-0.3, -0.25) is 4.79 Å². The van der Waals surface area contributed by atoms with E-state index in [2.05, 4.69) is 10.4 Å². The van der Waals surface area contributed by atoms with Crippen molar-refractivity contribution in [1.82, 2.24) is 15.1 Å². The van der Waals surface area contributed by atoms with E-state index < -0.39 is 17.9 Å². The van der Waals surface area contributed by atoms with Gasteiger partial charge in [-0.2, -0.15) is 5.10 Å². The summed E-state index contributed by atoms with van der Waals surface area (Å²) in [6, 6.07) is 8.56. The van der Waals surface area contributed by atoms with Gasteiger partial charge in [0.05, 0.1) is 5.69 Å². The Morgan fingerprint density at radius 3 is 2.61 bits per heavy atom. The lowest BCUT2D eigenvalue weighted by molar-refractivity contribution is -0.139. The van der Waals surface area contributed by atoms with Crippen molar-refractivity contribution in [3.63, 3.8) is 0 Å². The highest BCUT2D eigenvalue weighted by atomic mass is 16.4. The molecule has 2 aromatic rings.